The molecule has 7 nitrogen and oxygen atoms in total. The Hall–Kier alpha value is -3.22. The molecule has 7 heteroatoms. The van der Waals surface area contributed by atoms with E-state index in [0.717, 1.165) is 79.5 Å². The molecular weight excluding hydrogens is 524 g/mol. The van der Waals surface area contributed by atoms with Gasteiger partial charge in [-0.1, -0.05) is 36.6 Å². The van der Waals surface area contributed by atoms with Crippen LogP contribution in [-0.4, -0.2) is 34.2 Å². The molecule has 3 aromatic rings. The van der Waals surface area contributed by atoms with Crippen LogP contribution < -0.4 is 9.64 Å². The van der Waals surface area contributed by atoms with Crippen molar-refractivity contribution in [1.29, 1.82) is 0 Å². The number of fused-ring (bicyclic) bond motifs is 3. The lowest BCUT2D eigenvalue weighted by molar-refractivity contribution is -0.120. The van der Waals surface area contributed by atoms with Gasteiger partial charge >= 0.3 is 0 Å². The summed E-state index contributed by atoms with van der Waals surface area (Å²) in [5, 5.41) is 4.34. The summed E-state index contributed by atoms with van der Waals surface area (Å²) in [5.74, 6) is 3.90. The maximum Gasteiger partial charge on any atom is 0.232 e. The van der Waals surface area contributed by atoms with Crippen molar-refractivity contribution in [2.45, 2.75) is 108 Å². The topological polar surface area (TPSA) is 81.3 Å². The van der Waals surface area contributed by atoms with Gasteiger partial charge in [-0.2, -0.15) is 4.98 Å². The van der Waals surface area contributed by atoms with E-state index in [4.69, 9.17) is 14.2 Å². The van der Waals surface area contributed by atoms with Crippen LogP contribution in [0.3, 0.4) is 0 Å². The number of rotatable bonds is 10. The molecule has 1 amide bonds. The third-order valence-corrected chi connectivity index (χ3v) is 10.7. The summed E-state index contributed by atoms with van der Waals surface area (Å²) in [5.41, 5.74) is 3.02. The molecule has 5 saturated carbocycles. The number of amides is 1. The number of aromatic nitrogens is 3. The first-order chi connectivity index (χ1) is 20.5. The van der Waals surface area contributed by atoms with Gasteiger partial charge in [-0.15, -0.1) is 0 Å². The van der Waals surface area contributed by atoms with Crippen LogP contribution in [0.15, 0.2) is 47.1 Å². The van der Waals surface area contributed by atoms with Crippen molar-refractivity contribution < 1.29 is 14.1 Å². The first-order valence-corrected chi connectivity index (χ1v) is 16.4. The van der Waals surface area contributed by atoms with E-state index in [9.17, 15) is 4.79 Å². The third kappa shape index (κ3) is 5.59. The van der Waals surface area contributed by atoms with E-state index < -0.39 is 0 Å². The highest BCUT2D eigenvalue weighted by Gasteiger charge is 2.53. The Morgan fingerprint density at radius 2 is 1.79 bits per heavy atom. The number of hydrogen-bond donors (Lipinski definition) is 0. The second kappa shape index (κ2) is 11.5. The van der Waals surface area contributed by atoms with Crippen molar-refractivity contribution in [1.82, 2.24) is 15.1 Å². The summed E-state index contributed by atoms with van der Waals surface area (Å²) in [6.45, 7) is 3.39. The molecular formula is C35H44N4O3. The summed E-state index contributed by atoms with van der Waals surface area (Å²) >= 11 is 0. The van der Waals surface area contributed by atoms with Gasteiger partial charge in [-0.25, -0.2) is 0 Å². The summed E-state index contributed by atoms with van der Waals surface area (Å²) < 4.78 is 11.6. The molecule has 0 atom stereocenters. The molecule has 2 heterocycles. The standard InChI is InChI=1S/C35H44N4O3/c1-2-41-29-13-20-36-30(23-29)27-9-6-10-28(22-27)39(31(40)21-25-7-4-3-5-8-25)24-34-14-17-35(18-15-34,19-16-34)33-37-32(38-42-33)26-11-12-26/h6,9-10,13,20,22-23,25-26H,2-5,7-8,11-12,14-19,21,24H2,1H3. The Morgan fingerprint density at radius 1 is 1.00 bits per heavy atom. The van der Waals surface area contributed by atoms with Crippen LogP contribution in [0.4, 0.5) is 5.69 Å². The lowest BCUT2D eigenvalue weighted by Gasteiger charge is -2.53. The molecule has 1 aromatic carbocycles. The van der Waals surface area contributed by atoms with Crippen LogP contribution in [0.5, 0.6) is 5.75 Å². The average Bonchev–Trinajstić information content (AvgIpc) is 3.77. The lowest BCUT2D eigenvalue weighted by atomic mass is 9.53. The largest absolute Gasteiger partial charge is 0.494 e. The Balaban J connectivity index is 1.13. The minimum Gasteiger partial charge on any atom is -0.494 e. The zero-order valence-electron chi connectivity index (χ0n) is 25.0. The molecule has 5 fully saturated rings. The summed E-state index contributed by atoms with van der Waals surface area (Å²) in [6.07, 6.45) is 17.5. The fourth-order valence-electron chi connectivity index (χ4n) is 7.84. The van der Waals surface area contributed by atoms with Crippen LogP contribution in [0.25, 0.3) is 11.3 Å². The Labute approximate surface area is 249 Å². The second-order valence-electron chi connectivity index (χ2n) is 13.6. The highest BCUT2D eigenvalue weighted by Crippen LogP contribution is 2.58. The highest BCUT2D eigenvalue weighted by atomic mass is 16.5. The number of hydrogen-bond acceptors (Lipinski definition) is 6. The van der Waals surface area contributed by atoms with Crippen molar-refractivity contribution in [3.8, 4) is 17.0 Å². The Kier molecular flexibility index (Phi) is 7.53. The molecule has 42 heavy (non-hydrogen) atoms. The number of ether oxygens (including phenoxy) is 1. The van der Waals surface area contributed by atoms with Gasteiger partial charge in [-0.3, -0.25) is 9.78 Å². The fourth-order valence-corrected chi connectivity index (χ4v) is 7.84. The van der Waals surface area contributed by atoms with Crippen molar-refractivity contribution >= 4 is 11.6 Å². The Bertz CT molecular complexity index is 1380. The molecule has 8 rings (SSSR count). The van der Waals surface area contributed by atoms with E-state index in [-0.39, 0.29) is 16.7 Å². The van der Waals surface area contributed by atoms with Crippen molar-refractivity contribution in [2.75, 3.05) is 18.1 Å². The number of anilines is 1. The van der Waals surface area contributed by atoms with E-state index in [1.54, 1.807) is 6.20 Å². The molecule has 0 spiro atoms. The predicted molar refractivity (Wildman–Crippen MR) is 162 cm³/mol. The van der Waals surface area contributed by atoms with Gasteiger partial charge in [0.15, 0.2) is 5.82 Å². The molecule has 0 aliphatic heterocycles. The first kappa shape index (κ1) is 27.6. The van der Waals surface area contributed by atoms with Crippen LogP contribution >= 0.6 is 0 Å². The molecule has 222 valence electrons. The van der Waals surface area contributed by atoms with Gasteiger partial charge in [0.05, 0.1) is 12.3 Å². The molecule has 2 bridgehead atoms. The van der Waals surface area contributed by atoms with Crippen molar-refractivity contribution in [3.05, 3.63) is 54.3 Å². The van der Waals surface area contributed by atoms with Gasteiger partial charge in [-0.05, 0) is 101 Å². The van der Waals surface area contributed by atoms with Gasteiger partial charge < -0.3 is 14.2 Å². The maximum absolute atomic E-state index is 14.2. The van der Waals surface area contributed by atoms with Crippen LogP contribution in [0, 0.1) is 11.3 Å². The van der Waals surface area contributed by atoms with Crippen LogP contribution in [-0.2, 0) is 10.2 Å². The van der Waals surface area contributed by atoms with Gasteiger partial charge in [0.1, 0.15) is 5.75 Å². The minimum atomic E-state index is 0.0238. The molecule has 5 aliphatic rings. The van der Waals surface area contributed by atoms with Gasteiger partial charge in [0.25, 0.3) is 0 Å². The van der Waals surface area contributed by atoms with E-state index in [2.05, 4.69) is 39.3 Å². The highest BCUT2D eigenvalue weighted by molar-refractivity contribution is 5.94. The number of benzene rings is 1. The van der Waals surface area contributed by atoms with E-state index in [1.165, 1.54) is 44.9 Å². The SMILES string of the molecule is CCOc1ccnc(-c2cccc(N(CC34CCC(c5nc(C6CC6)no5)(CC3)CC4)C(=O)CC3CCCCC3)c2)c1. The normalized spacial score (nSPS) is 25.8. The van der Waals surface area contributed by atoms with Crippen molar-refractivity contribution in [3.63, 3.8) is 0 Å². The molecule has 2 aromatic heterocycles. The average molecular weight is 569 g/mol. The smallest absolute Gasteiger partial charge is 0.232 e. The van der Waals surface area contributed by atoms with Crippen molar-refractivity contribution in [2.24, 2.45) is 11.3 Å². The molecule has 0 saturated heterocycles. The monoisotopic (exact) mass is 568 g/mol. The second-order valence-corrected chi connectivity index (χ2v) is 13.6. The fraction of sp³-hybridized carbons (Fsp3) is 0.600. The van der Waals surface area contributed by atoms with Crippen LogP contribution in [0.1, 0.15) is 114 Å². The quantitative estimate of drug-likeness (QED) is 0.246. The summed E-state index contributed by atoms with van der Waals surface area (Å²) in [7, 11) is 0. The lowest BCUT2D eigenvalue weighted by Crippen LogP contribution is -2.51. The molecule has 0 unspecified atom stereocenters. The number of nitrogens with zero attached hydrogens (tertiary/aromatic N) is 4. The van der Waals surface area contributed by atoms with Crippen LogP contribution in [0.2, 0.25) is 0 Å². The van der Waals surface area contributed by atoms with Gasteiger partial charge in [0, 0.05) is 47.8 Å². The number of carbonyl (C=O) groups excluding carboxylic acids is 1. The van der Waals surface area contributed by atoms with Gasteiger partial charge in [0.2, 0.25) is 11.8 Å². The number of carbonyl (C=O) groups is 1. The van der Waals surface area contributed by atoms with E-state index in [0.29, 0.717) is 24.9 Å². The maximum atomic E-state index is 14.2. The number of pyridine rings is 1. The first-order valence-electron chi connectivity index (χ1n) is 16.4. The zero-order chi connectivity index (χ0) is 28.6. The minimum absolute atomic E-state index is 0.0238. The molecule has 5 aliphatic carbocycles. The third-order valence-electron chi connectivity index (χ3n) is 10.7. The zero-order valence-corrected chi connectivity index (χ0v) is 25.0. The molecule has 0 N–H and O–H groups in total. The predicted octanol–water partition coefficient (Wildman–Crippen LogP) is 8.00. The Morgan fingerprint density at radius 3 is 2.52 bits per heavy atom. The summed E-state index contributed by atoms with van der Waals surface area (Å²) in [6, 6.07) is 12.3. The van der Waals surface area contributed by atoms with E-state index >= 15 is 0 Å². The molecule has 0 radical (unpaired) electrons. The van der Waals surface area contributed by atoms with E-state index in [1.807, 2.05) is 19.1 Å². The summed E-state index contributed by atoms with van der Waals surface area (Å²) in [4.78, 5) is 25.8.